The van der Waals surface area contributed by atoms with Gasteiger partial charge in [-0.05, 0) is 79.6 Å². The first-order valence-electron chi connectivity index (χ1n) is 10.9. The van der Waals surface area contributed by atoms with E-state index in [-0.39, 0.29) is 11.6 Å². The Morgan fingerprint density at radius 2 is 1.89 bits per heavy atom. The van der Waals surface area contributed by atoms with Crippen molar-refractivity contribution < 1.29 is 4.79 Å². The maximum Gasteiger partial charge on any atom is 0.315 e. The Kier molecular flexibility index (Phi) is 4.76. The number of carbonyl (C=O) groups is 1. The highest BCUT2D eigenvalue weighted by Crippen LogP contribution is 2.68. The second-order valence-corrected chi connectivity index (χ2v) is 10.4. The van der Waals surface area contributed by atoms with Gasteiger partial charge in [-0.25, -0.2) is 4.79 Å². The van der Waals surface area contributed by atoms with Crippen molar-refractivity contribution in [3.63, 3.8) is 0 Å². The number of urea groups is 1. The summed E-state index contributed by atoms with van der Waals surface area (Å²) in [5.41, 5.74) is 1.64. The van der Waals surface area contributed by atoms with Gasteiger partial charge in [0.15, 0.2) is 0 Å². The number of nitrogens with one attached hydrogen (secondary N) is 2. The number of carbonyl (C=O) groups excluding carboxylic acids is 1. The van der Waals surface area contributed by atoms with Crippen LogP contribution in [0.1, 0.15) is 58.9 Å². The Bertz CT molecular complexity index is 687. The van der Waals surface area contributed by atoms with Crippen LogP contribution in [0.25, 0.3) is 0 Å². The van der Waals surface area contributed by atoms with Gasteiger partial charge >= 0.3 is 6.03 Å². The molecule has 148 valence electrons. The average molecular weight is 369 g/mol. The molecular weight excluding hydrogens is 332 g/mol. The molecule has 3 saturated carbocycles. The van der Waals surface area contributed by atoms with Gasteiger partial charge in [0, 0.05) is 12.1 Å². The van der Waals surface area contributed by atoms with Crippen molar-refractivity contribution in [2.24, 2.45) is 35.0 Å². The lowest BCUT2D eigenvalue weighted by Crippen LogP contribution is -2.57. The van der Waals surface area contributed by atoms with Crippen LogP contribution in [-0.2, 0) is 6.42 Å². The SMILES string of the molecule is CC(C)[C@@H]1C[C@@H]2[C@]3(C)C[C@H]1C[C@@H](C3)[C@@]2(C)NC(=O)NCCc1ccccc1. The zero-order valence-electron chi connectivity index (χ0n) is 17.4. The fourth-order valence-electron chi connectivity index (χ4n) is 7.11. The fourth-order valence-corrected chi connectivity index (χ4v) is 7.11. The summed E-state index contributed by atoms with van der Waals surface area (Å²) in [6.07, 6.45) is 6.13. The highest BCUT2D eigenvalue weighted by Gasteiger charge is 2.65. The molecule has 0 heterocycles. The third-order valence-electron chi connectivity index (χ3n) is 8.34. The fraction of sp³-hybridized carbons (Fsp3) is 0.708. The molecule has 4 rings (SSSR count). The van der Waals surface area contributed by atoms with Gasteiger partial charge in [0.05, 0.1) is 0 Å². The molecule has 3 aliphatic rings. The second-order valence-electron chi connectivity index (χ2n) is 10.4. The smallest absolute Gasteiger partial charge is 0.315 e. The van der Waals surface area contributed by atoms with Gasteiger partial charge in [0.25, 0.3) is 0 Å². The van der Waals surface area contributed by atoms with Gasteiger partial charge in [-0.15, -0.1) is 0 Å². The van der Waals surface area contributed by atoms with E-state index in [0.717, 1.165) is 24.2 Å². The van der Waals surface area contributed by atoms with Crippen molar-refractivity contribution in [1.29, 1.82) is 0 Å². The molecule has 0 radical (unpaired) electrons. The minimum atomic E-state index is -0.0516. The molecule has 2 N–H and O–H groups in total. The first kappa shape index (κ1) is 18.8. The van der Waals surface area contributed by atoms with E-state index >= 15 is 0 Å². The van der Waals surface area contributed by atoms with Crippen LogP contribution in [0.3, 0.4) is 0 Å². The maximum absolute atomic E-state index is 12.8. The zero-order chi connectivity index (χ0) is 19.2. The summed E-state index contributed by atoms with van der Waals surface area (Å²) in [7, 11) is 0. The van der Waals surface area contributed by atoms with Crippen LogP contribution in [-0.4, -0.2) is 18.1 Å². The molecule has 0 aliphatic heterocycles. The van der Waals surface area contributed by atoms with Gasteiger partial charge in [-0.3, -0.25) is 0 Å². The Morgan fingerprint density at radius 1 is 1.15 bits per heavy atom. The van der Waals surface area contributed by atoms with Crippen LogP contribution in [0.4, 0.5) is 4.79 Å². The van der Waals surface area contributed by atoms with E-state index in [4.69, 9.17) is 0 Å². The number of hydrogen-bond donors (Lipinski definition) is 2. The Hall–Kier alpha value is -1.51. The minimum Gasteiger partial charge on any atom is -0.338 e. The summed E-state index contributed by atoms with van der Waals surface area (Å²) in [4.78, 5) is 12.8. The first-order chi connectivity index (χ1) is 12.8. The van der Waals surface area contributed by atoms with E-state index in [9.17, 15) is 4.79 Å². The molecule has 0 spiro atoms. The molecule has 1 aromatic rings. The lowest BCUT2D eigenvalue weighted by molar-refractivity contribution is 0.00854. The molecule has 3 heteroatoms. The van der Waals surface area contributed by atoms with Gasteiger partial charge in [0.1, 0.15) is 0 Å². The molecule has 0 saturated heterocycles. The lowest BCUT2D eigenvalue weighted by Gasteiger charge is -2.49. The molecular formula is C24H36N2O. The number of rotatable bonds is 5. The molecule has 0 unspecified atom stereocenters. The Morgan fingerprint density at radius 3 is 2.59 bits per heavy atom. The van der Waals surface area contributed by atoms with Gasteiger partial charge in [-0.2, -0.15) is 0 Å². The summed E-state index contributed by atoms with van der Waals surface area (Å²) in [6, 6.07) is 10.4. The second kappa shape index (κ2) is 6.83. The molecule has 0 aromatic heterocycles. The zero-order valence-corrected chi connectivity index (χ0v) is 17.4. The van der Waals surface area contributed by atoms with E-state index in [1.165, 1.54) is 31.2 Å². The van der Waals surface area contributed by atoms with Crippen LogP contribution < -0.4 is 10.6 Å². The molecule has 3 nitrogen and oxygen atoms in total. The summed E-state index contributed by atoms with van der Waals surface area (Å²) < 4.78 is 0. The average Bonchev–Trinajstić information content (AvgIpc) is 2.69. The summed E-state index contributed by atoms with van der Waals surface area (Å²) in [6.45, 7) is 10.3. The van der Waals surface area contributed by atoms with E-state index < -0.39 is 0 Å². The quantitative estimate of drug-likeness (QED) is 0.753. The van der Waals surface area contributed by atoms with Crippen LogP contribution in [0.5, 0.6) is 0 Å². The number of amides is 2. The van der Waals surface area contributed by atoms with Crippen molar-refractivity contribution in [2.45, 2.75) is 65.3 Å². The van der Waals surface area contributed by atoms with Crippen LogP contribution in [0, 0.1) is 35.0 Å². The van der Waals surface area contributed by atoms with Gasteiger partial charge < -0.3 is 10.6 Å². The van der Waals surface area contributed by atoms with Crippen molar-refractivity contribution in [2.75, 3.05) is 6.54 Å². The van der Waals surface area contributed by atoms with Gasteiger partial charge in [-0.1, -0.05) is 51.1 Å². The Balaban J connectivity index is 1.41. The minimum absolute atomic E-state index is 0.0223. The lowest BCUT2D eigenvalue weighted by atomic mass is 9.56. The monoisotopic (exact) mass is 368 g/mol. The molecule has 3 bridgehead atoms. The predicted octanol–water partition coefficient (Wildman–Crippen LogP) is 5.02. The van der Waals surface area contributed by atoms with Crippen molar-refractivity contribution in [3.8, 4) is 0 Å². The van der Waals surface area contributed by atoms with Crippen molar-refractivity contribution in [1.82, 2.24) is 10.6 Å². The van der Waals surface area contributed by atoms with E-state index in [2.05, 4.69) is 62.6 Å². The molecule has 3 fully saturated rings. The standard InChI is InChI=1S/C24H36N2O/c1-16(2)20-13-21-23(3)14-18(20)12-19(15-23)24(21,4)26-22(27)25-11-10-17-8-6-5-7-9-17/h5-9,16,18-21H,10-15H2,1-4H3,(H2,25,26,27)/t18-,19+,20+,21-,23-,24-/m1/s1. The number of fused-ring (bicyclic) bond motifs is 2. The van der Waals surface area contributed by atoms with Crippen molar-refractivity contribution in [3.05, 3.63) is 35.9 Å². The van der Waals surface area contributed by atoms with Gasteiger partial charge in [0.2, 0.25) is 0 Å². The summed E-state index contributed by atoms with van der Waals surface area (Å²) in [5, 5.41) is 6.59. The van der Waals surface area contributed by atoms with Crippen LogP contribution in [0.15, 0.2) is 30.3 Å². The van der Waals surface area contributed by atoms with E-state index in [1.54, 1.807) is 0 Å². The number of hydrogen-bond acceptors (Lipinski definition) is 1. The highest BCUT2D eigenvalue weighted by atomic mass is 16.2. The Labute approximate surface area is 164 Å². The summed E-state index contributed by atoms with van der Waals surface area (Å²) >= 11 is 0. The third-order valence-corrected chi connectivity index (χ3v) is 8.34. The topological polar surface area (TPSA) is 41.1 Å². The molecule has 2 amide bonds. The van der Waals surface area contributed by atoms with Crippen LogP contribution >= 0.6 is 0 Å². The first-order valence-corrected chi connectivity index (χ1v) is 10.9. The predicted molar refractivity (Wildman–Crippen MR) is 110 cm³/mol. The number of benzene rings is 1. The largest absolute Gasteiger partial charge is 0.338 e. The molecule has 3 aliphatic carbocycles. The van der Waals surface area contributed by atoms with Crippen LogP contribution in [0.2, 0.25) is 0 Å². The van der Waals surface area contributed by atoms with Crippen molar-refractivity contribution >= 4 is 6.03 Å². The normalized spacial score (nSPS) is 39.6. The molecule has 27 heavy (non-hydrogen) atoms. The highest BCUT2D eigenvalue weighted by molar-refractivity contribution is 5.75. The maximum atomic E-state index is 12.8. The molecule has 1 aromatic carbocycles. The molecule has 6 atom stereocenters. The van der Waals surface area contributed by atoms with E-state index in [1.807, 2.05) is 6.07 Å². The summed E-state index contributed by atoms with van der Waals surface area (Å²) in [5.74, 6) is 3.68. The third kappa shape index (κ3) is 3.28. The van der Waals surface area contributed by atoms with E-state index in [0.29, 0.717) is 23.8 Å².